The monoisotopic (exact) mass is 432 g/mol. The number of allylic oxidation sites excluding steroid dienone is 2. The topological polar surface area (TPSA) is 120 Å². The molecule has 0 saturated heterocycles. The second-order valence-corrected chi connectivity index (χ2v) is 8.67. The molecule has 9 heteroatoms. The highest BCUT2D eigenvalue weighted by atomic mass is 16.2. The largest absolute Gasteiger partial charge is 0.376 e. The normalized spacial score (nSPS) is 24.1. The molecule has 32 heavy (non-hydrogen) atoms. The Hall–Kier alpha value is -3.62. The SMILES string of the molecule is CC1NC(C2CC2)=CN1C1=CC(C(=O)Nc2cccc(C(=N)N(C=N)C3CC3)n2)NC=C1. The summed E-state index contributed by atoms with van der Waals surface area (Å²) in [6.07, 6.45) is 13.6. The molecule has 9 nitrogen and oxygen atoms in total. The number of carbonyl (C=O) groups is 1. The Morgan fingerprint density at radius 3 is 2.84 bits per heavy atom. The summed E-state index contributed by atoms with van der Waals surface area (Å²) in [5.74, 6) is 0.985. The van der Waals surface area contributed by atoms with E-state index in [1.807, 2.05) is 12.2 Å². The van der Waals surface area contributed by atoms with Crippen LogP contribution in [0.5, 0.6) is 0 Å². The molecule has 2 aliphatic heterocycles. The van der Waals surface area contributed by atoms with Crippen molar-refractivity contribution in [3.8, 4) is 0 Å². The second-order valence-electron chi connectivity index (χ2n) is 8.67. The van der Waals surface area contributed by atoms with Gasteiger partial charge in [-0.3, -0.25) is 15.6 Å². The zero-order chi connectivity index (χ0) is 22.2. The highest BCUT2D eigenvalue weighted by molar-refractivity contribution is 6.02. The molecule has 4 aliphatic rings. The van der Waals surface area contributed by atoms with Crippen molar-refractivity contribution < 1.29 is 4.79 Å². The van der Waals surface area contributed by atoms with Crippen LogP contribution >= 0.6 is 0 Å². The maximum absolute atomic E-state index is 12.9. The van der Waals surface area contributed by atoms with Gasteiger partial charge in [-0.1, -0.05) is 6.07 Å². The van der Waals surface area contributed by atoms with E-state index in [1.54, 1.807) is 29.3 Å². The quantitative estimate of drug-likeness (QED) is 0.333. The fourth-order valence-corrected chi connectivity index (χ4v) is 4.04. The molecule has 2 atom stereocenters. The number of nitrogens with zero attached hydrogens (tertiary/aromatic N) is 3. The Bertz CT molecular complexity index is 1040. The zero-order valence-corrected chi connectivity index (χ0v) is 18.0. The molecule has 2 fully saturated rings. The van der Waals surface area contributed by atoms with Crippen LogP contribution in [-0.2, 0) is 4.79 Å². The van der Waals surface area contributed by atoms with Crippen molar-refractivity contribution in [1.29, 1.82) is 10.8 Å². The van der Waals surface area contributed by atoms with Gasteiger partial charge in [0.2, 0.25) is 0 Å². The molecule has 5 rings (SSSR count). The predicted octanol–water partition coefficient (Wildman–Crippen LogP) is 2.29. The molecule has 1 aromatic heterocycles. The maximum Gasteiger partial charge on any atom is 0.252 e. The number of amides is 1. The number of nitrogens with one attached hydrogen (secondary N) is 5. The van der Waals surface area contributed by atoms with E-state index >= 15 is 0 Å². The van der Waals surface area contributed by atoms with Gasteiger partial charge in [0, 0.05) is 29.6 Å². The van der Waals surface area contributed by atoms with E-state index in [1.165, 1.54) is 24.9 Å². The van der Waals surface area contributed by atoms with Crippen LogP contribution in [0.4, 0.5) is 5.82 Å². The van der Waals surface area contributed by atoms with E-state index in [2.05, 4.69) is 39.0 Å². The van der Waals surface area contributed by atoms with Crippen LogP contribution in [0.3, 0.4) is 0 Å². The van der Waals surface area contributed by atoms with E-state index in [-0.39, 0.29) is 24.0 Å². The summed E-state index contributed by atoms with van der Waals surface area (Å²) in [5, 5.41) is 25.4. The summed E-state index contributed by atoms with van der Waals surface area (Å²) < 4.78 is 0. The summed E-state index contributed by atoms with van der Waals surface area (Å²) in [6.45, 7) is 2.11. The van der Waals surface area contributed by atoms with Gasteiger partial charge in [-0.15, -0.1) is 0 Å². The number of dihydropyridines is 1. The molecule has 1 aromatic rings. The lowest BCUT2D eigenvalue weighted by Crippen LogP contribution is -2.40. The Labute approximate surface area is 187 Å². The second kappa shape index (κ2) is 8.14. The van der Waals surface area contributed by atoms with Crippen molar-refractivity contribution in [2.45, 2.75) is 50.9 Å². The summed E-state index contributed by atoms with van der Waals surface area (Å²) in [4.78, 5) is 21.2. The third kappa shape index (κ3) is 4.10. The van der Waals surface area contributed by atoms with Gasteiger partial charge >= 0.3 is 0 Å². The van der Waals surface area contributed by atoms with Gasteiger partial charge in [0.1, 0.15) is 23.7 Å². The molecule has 0 bridgehead atoms. The summed E-state index contributed by atoms with van der Waals surface area (Å²) in [5.41, 5.74) is 2.68. The molecular weight excluding hydrogens is 404 g/mol. The van der Waals surface area contributed by atoms with E-state index in [9.17, 15) is 4.79 Å². The van der Waals surface area contributed by atoms with Crippen molar-refractivity contribution in [1.82, 2.24) is 25.4 Å². The Kier molecular flexibility index (Phi) is 5.16. The Morgan fingerprint density at radius 1 is 1.31 bits per heavy atom. The van der Waals surface area contributed by atoms with Crippen LogP contribution in [0, 0.1) is 16.7 Å². The van der Waals surface area contributed by atoms with Crippen molar-refractivity contribution in [3.63, 3.8) is 0 Å². The first-order valence-corrected chi connectivity index (χ1v) is 11.1. The van der Waals surface area contributed by atoms with Gasteiger partial charge in [-0.05, 0) is 63.1 Å². The van der Waals surface area contributed by atoms with Gasteiger partial charge in [-0.2, -0.15) is 0 Å². The molecule has 0 radical (unpaired) electrons. The number of hydrogen-bond acceptors (Lipinski definition) is 7. The van der Waals surface area contributed by atoms with Crippen molar-refractivity contribution in [2.75, 3.05) is 5.32 Å². The van der Waals surface area contributed by atoms with E-state index in [4.69, 9.17) is 10.8 Å². The van der Waals surface area contributed by atoms with Crippen molar-refractivity contribution in [2.24, 2.45) is 5.92 Å². The maximum atomic E-state index is 12.9. The molecule has 2 aliphatic carbocycles. The first-order chi connectivity index (χ1) is 15.5. The molecule has 0 spiro atoms. The lowest BCUT2D eigenvalue weighted by atomic mass is 10.1. The van der Waals surface area contributed by atoms with E-state index in [0.717, 1.165) is 18.5 Å². The fraction of sp³-hybridized carbons (Fsp3) is 0.391. The molecular formula is C23H28N8O. The van der Waals surface area contributed by atoms with Crippen molar-refractivity contribution >= 4 is 23.9 Å². The number of rotatable bonds is 7. The molecule has 1 amide bonds. The van der Waals surface area contributed by atoms with Gasteiger partial charge in [0.15, 0.2) is 5.84 Å². The average molecular weight is 433 g/mol. The van der Waals surface area contributed by atoms with Crippen LogP contribution in [0.1, 0.15) is 38.3 Å². The molecule has 5 N–H and O–H groups in total. The lowest BCUT2D eigenvalue weighted by Gasteiger charge is -2.27. The molecule has 3 heterocycles. The van der Waals surface area contributed by atoms with Crippen LogP contribution < -0.4 is 16.0 Å². The van der Waals surface area contributed by atoms with Crippen LogP contribution in [0.15, 0.2) is 54.1 Å². The van der Waals surface area contributed by atoms with Crippen LogP contribution in [0.25, 0.3) is 0 Å². The number of carbonyl (C=O) groups excluding carboxylic acids is 1. The minimum Gasteiger partial charge on any atom is -0.376 e. The molecule has 2 unspecified atom stereocenters. The van der Waals surface area contributed by atoms with Crippen molar-refractivity contribution in [3.05, 3.63) is 59.8 Å². The number of anilines is 1. The van der Waals surface area contributed by atoms with Gasteiger partial charge in [0.25, 0.3) is 5.91 Å². The minimum atomic E-state index is -0.532. The molecule has 0 aromatic carbocycles. The summed E-state index contributed by atoms with van der Waals surface area (Å²) in [7, 11) is 0. The number of hydrogen-bond donors (Lipinski definition) is 5. The first-order valence-electron chi connectivity index (χ1n) is 11.1. The minimum absolute atomic E-state index is 0.149. The van der Waals surface area contributed by atoms with E-state index in [0.29, 0.717) is 17.4 Å². The van der Waals surface area contributed by atoms with Gasteiger partial charge < -0.3 is 25.8 Å². The van der Waals surface area contributed by atoms with Crippen LogP contribution in [0.2, 0.25) is 0 Å². The summed E-state index contributed by atoms with van der Waals surface area (Å²) in [6, 6.07) is 4.87. The summed E-state index contributed by atoms with van der Waals surface area (Å²) >= 11 is 0. The lowest BCUT2D eigenvalue weighted by molar-refractivity contribution is -0.117. The fourth-order valence-electron chi connectivity index (χ4n) is 4.04. The number of amidine groups is 1. The predicted molar refractivity (Wildman–Crippen MR) is 123 cm³/mol. The third-order valence-corrected chi connectivity index (χ3v) is 6.12. The Morgan fingerprint density at radius 2 is 2.12 bits per heavy atom. The molecule has 2 saturated carbocycles. The highest BCUT2D eigenvalue weighted by Gasteiger charge is 2.33. The number of aromatic nitrogens is 1. The standard InChI is InChI=1S/C23H28N8O/c1-14-27-20(15-5-6-15)12-30(14)17-9-10-26-19(11-17)23(32)29-21-4-2-3-18(28-21)22(25)31(13-24)16-7-8-16/h2-4,9-16,19,24-27H,5-8H2,1H3,(H,28,29,32). The number of pyridine rings is 1. The molecule has 166 valence electrons. The highest BCUT2D eigenvalue weighted by Crippen LogP contribution is 2.38. The van der Waals surface area contributed by atoms with E-state index < -0.39 is 6.04 Å². The zero-order valence-electron chi connectivity index (χ0n) is 18.0. The first kappa shape index (κ1) is 20.3. The van der Waals surface area contributed by atoms with Gasteiger partial charge in [0.05, 0.1) is 6.34 Å². The van der Waals surface area contributed by atoms with Gasteiger partial charge in [-0.25, -0.2) is 4.98 Å². The third-order valence-electron chi connectivity index (χ3n) is 6.12. The average Bonchev–Trinajstić information content (AvgIpc) is 3.73. The Balaban J connectivity index is 1.27. The van der Waals surface area contributed by atoms with Crippen LogP contribution in [-0.4, -0.2) is 51.1 Å². The smallest absolute Gasteiger partial charge is 0.252 e.